The van der Waals surface area contributed by atoms with Crippen LogP contribution in [0, 0.1) is 5.92 Å². The zero-order chi connectivity index (χ0) is 17.6. The topological polar surface area (TPSA) is 58.2 Å². The van der Waals surface area contributed by atoms with E-state index in [1.807, 2.05) is 30.9 Å². The predicted octanol–water partition coefficient (Wildman–Crippen LogP) is 3.40. The molecule has 0 saturated carbocycles. The van der Waals surface area contributed by atoms with Gasteiger partial charge in [-0.05, 0) is 43.9 Å². The van der Waals surface area contributed by atoms with Crippen LogP contribution in [-0.2, 0) is 17.6 Å². The van der Waals surface area contributed by atoms with Gasteiger partial charge in [0.15, 0.2) is 5.69 Å². The normalized spacial score (nSPS) is 23.2. The lowest BCUT2D eigenvalue weighted by Gasteiger charge is -2.39. The van der Waals surface area contributed by atoms with Crippen LogP contribution >= 0.6 is 11.6 Å². The summed E-state index contributed by atoms with van der Waals surface area (Å²) in [6.07, 6.45) is 1.78. The molecule has 0 aliphatic carbocycles. The van der Waals surface area contributed by atoms with Gasteiger partial charge in [0.25, 0.3) is 5.91 Å². The number of amides is 1. The monoisotopic (exact) mass is 359 g/mol. The lowest BCUT2D eigenvalue weighted by Crippen LogP contribution is -2.51. The number of nitrogens with one attached hydrogen (secondary N) is 1. The zero-order valence-corrected chi connectivity index (χ0v) is 15.2. The number of hydrogen-bond donors (Lipinski definition) is 1. The minimum atomic E-state index is -0.0400. The SMILES string of the molecule is C[C@@H]1Cc2c(C(=O)N3CC(Cc4ccc(Cl)cc4)C3)n[nH]c2[C@H](C)O1. The van der Waals surface area contributed by atoms with Gasteiger partial charge in [-0.1, -0.05) is 23.7 Å². The molecule has 2 aromatic rings. The van der Waals surface area contributed by atoms with E-state index in [4.69, 9.17) is 16.3 Å². The van der Waals surface area contributed by atoms with E-state index in [2.05, 4.69) is 22.3 Å². The third kappa shape index (κ3) is 3.18. The molecule has 132 valence electrons. The molecule has 3 heterocycles. The minimum absolute atomic E-state index is 0.0335. The summed E-state index contributed by atoms with van der Waals surface area (Å²) >= 11 is 5.92. The number of ether oxygens (including phenoxy) is 1. The van der Waals surface area contributed by atoms with Crippen LogP contribution in [0.15, 0.2) is 24.3 Å². The Labute approximate surface area is 152 Å². The predicted molar refractivity (Wildman–Crippen MR) is 95.8 cm³/mol. The molecule has 25 heavy (non-hydrogen) atoms. The Morgan fingerprint density at radius 2 is 2.04 bits per heavy atom. The molecule has 1 aromatic carbocycles. The highest BCUT2D eigenvalue weighted by Crippen LogP contribution is 2.32. The van der Waals surface area contributed by atoms with Crippen molar-refractivity contribution in [1.82, 2.24) is 15.1 Å². The van der Waals surface area contributed by atoms with Crippen LogP contribution in [0.5, 0.6) is 0 Å². The van der Waals surface area contributed by atoms with Gasteiger partial charge in [0, 0.05) is 30.1 Å². The largest absolute Gasteiger partial charge is 0.369 e. The van der Waals surface area contributed by atoms with Crippen molar-refractivity contribution >= 4 is 17.5 Å². The number of carbonyl (C=O) groups excluding carboxylic acids is 1. The van der Waals surface area contributed by atoms with Gasteiger partial charge in [0.2, 0.25) is 0 Å². The van der Waals surface area contributed by atoms with Crippen molar-refractivity contribution in [3.63, 3.8) is 0 Å². The number of benzene rings is 1. The first kappa shape index (κ1) is 16.6. The van der Waals surface area contributed by atoms with Crippen molar-refractivity contribution in [1.29, 1.82) is 0 Å². The molecule has 0 spiro atoms. The molecule has 0 bridgehead atoms. The first-order valence-electron chi connectivity index (χ1n) is 8.77. The number of halogens is 1. The van der Waals surface area contributed by atoms with E-state index >= 15 is 0 Å². The lowest BCUT2D eigenvalue weighted by molar-refractivity contribution is -0.00709. The Bertz CT molecular complexity index is 780. The molecule has 2 aliphatic heterocycles. The average molecular weight is 360 g/mol. The highest BCUT2D eigenvalue weighted by atomic mass is 35.5. The molecular formula is C19H22ClN3O2. The summed E-state index contributed by atoms with van der Waals surface area (Å²) in [6, 6.07) is 7.94. The lowest BCUT2D eigenvalue weighted by atomic mass is 9.91. The first-order chi connectivity index (χ1) is 12.0. The second kappa shape index (κ2) is 6.46. The smallest absolute Gasteiger partial charge is 0.274 e. The van der Waals surface area contributed by atoms with Crippen LogP contribution in [-0.4, -0.2) is 40.2 Å². The van der Waals surface area contributed by atoms with Gasteiger partial charge < -0.3 is 9.64 Å². The Morgan fingerprint density at radius 3 is 2.76 bits per heavy atom. The quantitative estimate of drug-likeness (QED) is 0.913. The van der Waals surface area contributed by atoms with E-state index in [1.165, 1.54) is 5.56 Å². The molecule has 1 amide bonds. The molecule has 2 atom stereocenters. The summed E-state index contributed by atoms with van der Waals surface area (Å²) in [7, 11) is 0. The van der Waals surface area contributed by atoms with Crippen molar-refractivity contribution in [2.45, 2.75) is 38.9 Å². The fourth-order valence-corrected chi connectivity index (χ4v) is 3.94. The maximum Gasteiger partial charge on any atom is 0.274 e. The molecule has 2 aliphatic rings. The number of aromatic nitrogens is 2. The molecule has 0 radical (unpaired) electrons. The van der Waals surface area contributed by atoms with Crippen molar-refractivity contribution in [3.05, 3.63) is 51.8 Å². The van der Waals surface area contributed by atoms with Crippen LogP contribution in [0.2, 0.25) is 5.02 Å². The molecule has 6 heteroatoms. The standard InChI is InChI=1S/C19H22ClN3O2/c1-11-7-16-17(12(2)25-11)21-22-18(16)19(24)23-9-14(10-23)8-13-3-5-15(20)6-4-13/h3-6,11-12,14H,7-10H2,1-2H3,(H,21,22)/t11-,12+/m1/s1. The Morgan fingerprint density at radius 1 is 1.32 bits per heavy atom. The van der Waals surface area contributed by atoms with Gasteiger partial charge in [-0.15, -0.1) is 0 Å². The van der Waals surface area contributed by atoms with Gasteiger partial charge in [-0.25, -0.2) is 0 Å². The minimum Gasteiger partial charge on any atom is -0.369 e. The average Bonchev–Trinajstić information content (AvgIpc) is 2.95. The number of fused-ring (bicyclic) bond motifs is 1. The third-order valence-electron chi connectivity index (χ3n) is 5.12. The molecular weight excluding hydrogens is 338 g/mol. The first-order valence-corrected chi connectivity index (χ1v) is 9.15. The molecule has 4 rings (SSSR count). The van der Waals surface area contributed by atoms with Crippen LogP contribution in [0.4, 0.5) is 0 Å². The summed E-state index contributed by atoms with van der Waals surface area (Å²) in [5, 5.41) is 8.05. The molecule has 0 unspecified atom stereocenters. The number of nitrogens with zero attached hydrogens (tertiary/aromatic N) is 2. The number of H-pyrrole nitrogens is 1. The van der Waals surface area contributed by atoms with Crippen LogP contribution < -0.4 is 0 Å². The number of carbonyl (C=O) groups is 1. The fourth-order valence-electron chi connectivity index (χ4n) is 3.82. The van der Waals surface area contributed by atoms with Crippen LogP contribution in [0.1, 0.15) is 47.3 Å². The fraction of sp³-hybridized carbons (Fsp3) is 0.474. The Kier molecular flexibility index (Phi) is 4.29. The summed E-state index contributed by atoms with van der Waals surface area (Å²) in [5.41, 5.74) is 3.80. The Balaban J connectivity index is 1.40. The summed E-state index contributed by atoms with van der Waals surface area (Å²) in [4.78, 5) is 14.7. The van der Waals surface area contributed by atoms with Crippen LogP contribution in [0.25, 0.3) is 0 Å². The molecule has 1 aromatic heterocycles. The molecule has 1 fully saturated rings. The number of rotatable bonds is 3. The summed E-state index contributed by atoms with van der Waals surface area (Å²) in [5.74, 6) is 0.534. The summed E-state index contributed by atoms with van der Waals surface area (Å²) < 4.78 is 5.79. The number of hydrogen-bond acceptors (Lipinski definition) is 3. The van der Waals surface area contributed by atoms with Gasteiger partial charge in [0.05, 0.1) is 17.9 Å². The van der Waals surface area contributed by atoms with E-state index in [1.54, 1.807) is 0 Å². The maximum atomic E-state index is 12.8. The van der Waals surface area contributed by atoms with Crippen molar-refractivity contribution in [2.75, 3.05) is 13.1 Å². The van der Waals surface area contributed by atoms with E-state index in [0.29, 0.717) is 11.6 Å². The van der Waals surface area contributed by atoms with Crippen molar-refractivity contribution < 1.29 is 9.53 Å². The van der Waals surface area contributed by atoms with E-state index < -0.39 is 0 Å². The highest BCUT2D eigenvalue weighted by molar-refractivity contribution is 6.30. The summed E-state index contributed by atoms with van der Waals surface area (Å²) in [6.45, 7) is 5.59. The van der Waals surface area contributed by atoms with Gasteiger partial charge in [-0.2, -0.15) is 5.10 Å². The second-order valence-corrected chi connectivity index (χ2v) is 7.60. The third-order valence-corrected chi connectivity index (χ3v) is 5.37. The van der Waals surface area contributed by atoms with Gasteiger partial charge >= 0.3 is 0 Å². The van der Waals surface area contributed by atoms with E-state index in [-0.39, 0.29) is 18.1 Å². The number of aromatic amines is 1. The van der Waals surface area contributed by atoms with Crippen molar-refractivity contribution in [3.8, 4) is 0 Å². The molecule has 1 N–H and O–H groups in total. The maximum absolute atomic E-state index is 12.8. The number of likely N-dealkylation sites (tertiary alicyclic amines) is 1. The van der Waals surface area contributed by atoms with E-state index in [0.717, 1.165) is 42.2 Å². The zero-order valence-electron chi connectivity index (χ0n) is 14.5. The van der Waals surface area contributed by atoms with Crippen LogP contribution in [0.3, 0.4) is 0 Å². The molecule has 5 nitrogen and oxygen atoms in total. The Hall–Kier alpha value is -1.85. The highest BCUT2D eigenvalue weighted by Gasteiger charge is 2.36. The van der Waals surface area contributed by atoms with Gasteiger partial charge in [0.1, 0.15) is 0 Å². The van der Waals surface area contributed by atoms with Gasteiger partial charge in [-0.3, -0.25) is 9.89 Å². The molecule has 1 saturated heterocycles. The van der Waals surface area contributed by atoms with Crippen molar-refractivity contribution in [2.24, 2.45) is 5.92 Å². The van der Waals surface area contributed by atoms with E-state index in [9.17, 15) is 4.79 Å². The second-order valence-electron chi connectivity index (χ2n) is 7.16.